The first-order chi connectivity index (χ1) is 13.2. The Morgan fingerprint density at radius 3 is 2.36 bits per heavy atom. The molecule has 0 saturated heterocycles. The molecule has 1 aromatic carbocycles. The number of amides is 2. The second-order valence-corrected chi connectivity index (χ2v) is 7.19. The number of thiophene rings is 1. The molecule has 2 amide bonds. The third kappa shape index (κ3) is 5.01. The van der Waals surface area contributed by atoms with E-state index in [1.54, 1.807) is 6.92 Å². The van der Waals surface area contributed by atoms with Crippen LogP contribution in [0.25, 0.3) is 10.4 Å². The lowest BCUT2D eigenvalue weighted by atomic mass is 10.00. The summed E-state index contributed by atoms with van der Waals surface area (Å²) < 4.78 is 5.20. The van der Waals surface area contributed by atoms with Gasteiger partial charge in [0, 0.05) is 10.4 Å². The van der Waals surface area contributed by atoms with E-state index in [9.17, 15) is 19.5 Å². The smallest absolute Gasteiger partial charge is 0.349 e. The standard InChI is InChI=1S/C19H22N2O6S/c1-3-4-13(21-19(20)26)11-5-7-12(8-6-11)16-10(2)15(27-9-14(22)23)17(28-16)18(24)25/h5-8,13H,3-4,9H2,1-2H3,(H,22,23)(H,24,25)(H3,20,21,26). The van der Waals surface area contributed by atoms with Gasteiger partial charge in [-0.25, -0.2) is 14.4 Å². The van der Waals surface area contributed by atoms with Crippen molar-refractivity contribution in [3.63, 3.8) is 0 Å². The number of aliphatic carboxylic acids is 1. The van der Waals surface area contributed by atoms with Gasteiger partial charge in [0.15, 0.2) is 11.5 Å². The first kappa shape index (κ1) is 21.2. The van der Waals surface area contributed by atoms with Crippen LogP contribution >= 0.6 is 11.3 Å². The van der Waals surface area contributed by atoms with Gasteiger partial charge in [0.1, 0.15) is 5.75 Å². The average Bonchev–Trinajstić information content (AvgIpc) is 2.96. The third-order valence-corrected chi connectivity index (χ3v) is 5.40. The van der Waals surface area contributed by atoms with Crippen LogP contribution in [0.1, 0.15) is 46.6 Å². The van der Waals surface area contributed by atoms with Crippen molar-refractivity contribution in [2.24, 2.45) is 5.73 Å². The molecular weight excluding hydrogens is 384 g/mol. The van der Waals surface area contributed by atoms with Crippen molar-refractivity contribution in [2.75, 3.05) is 6.61 Å². The first-order valence-electron chi connectivity index (χ1n) is 8.62. The Balaban J connectivity index is 2.37. The summed E-state index contributed by atoms with van der Waals surface area (Å²) in [6, 6.07) is 6.55. The van der Waals surface area contributed by atoms with Gasteiger partial charge in [-0.15, -0.1) is 11.3 Å². The minimum absolute atomic E-state index is 0.0444. The van der Waals surface area contributed by atoms with E-state index in [0.29, 0.717) is 10.4 Å². The topological polar surface area (TPSA) is 139 Å². The molecule has 9 heteroatoms. The fourth-order valence-corrected chi connectivity index (χ4v) is 3.97. The van der Waals surface area contributed by atoms with E-state index in [-0.39, 0.29) is 16.7 Å². The van der Waals surface area contributed by atoms with Crippen LogP contribution in [-0.2, 0) is 4.79 Å². The molecule has 0 fully saturated rings. The van der Waals surface area contributed by atoms with Crippen molar-refractivity contribution in [3.05, 3.63) is 40.3 Å². The number of ether oxygens (including phenoxy) is 1. The number of hydrogen-bond donors (Lipinski definition) is 4. The van der Waals surface area contributed by atoms with Crippen LogP contribution in [-0.4, -0.2) is 34.8 Å². The van der Waals surface area contributed by atoms with Gasteiger partial charge in [0.05, 0.1) is 6.04 Å². The molecule has 0 bridgehead atoms. The third-order valence-electron chi connectivity index (χ3n) is 4.09. The van der Waals surface area contributed by atoms with Crippen molar-refractivity contribution >= 4 is 29.3 Å². The zero-order valence-corrected chi connectivity index (χ0v) is 16.3. The van der Waals surface area contributed by atoms with Gasteiger partial charge in [0.2, 0.25) is 0 Å². The van der Waals surface area contributed by atoms with Crippen LogP contribution < -0.4 is 15.8 Å². The SMILES string of the molecule is CCCC(NC(N)=O)c1ccc(-c2sc(C(=O)O)c(OCC(=O)O)c2C)cc1. The molecule has 1 aromatic heterocycles. The molecular formula is C19H22N2O6S. The molecule has 150 valence electrons. The minimum Gasteiger partial charge on any atom is -0.480 e. The molecule has 0 aliphatic carbocycles. The summed E-state index contributed by atoms with van der Waals surface area (Å²) >= 11 is 1.03. The number of benzene rings is 1. The summed E-state index contributed by atoms with van der Waals surface area (Å²) in [7, 11) is 0. The lowest BCUT2D eigenvalue weighted by Gasteiger charge is -2.17. The van der Waals surface area contributed by atoms with E-state index in [2.05, 4.69) is 5.32 Å². The fraction of sp³-hybridized carbons (Fsp3) is 0.316. The van der Waals surface area contributed by atoms with E-state index >= 15 is 0 Å². The predicted molar refractivity (Wildman–Crippen MR) is 105 cm³/mol. The summed E-state index contributed by atoms with van der Waals surface area (Å²) in [4.78, 5) is 34.1. The van der Waals surface area contributed by atoms with E-state index in [0.717, 1.165) is 35.3 Å². The van der Waals surface area contributed by atoms with Crippen molar-refractivity contribution in [1.82, 2.24) is 5.32 Å². The Kier molecular flexibility index (Phi) is 7.00. The quantitative estimate of drug-likeness (QED) is 0.503. The van der Waals surface area contributed by atoms with Gasteiger partial charge in [-0.3, -0.25) is 0 Å². The Labute approximate surface area is 165 Å². The average molecular weight is 406 g/mol. The maximum absolute atomic E-state index is 11.5. The Bertz CT molecular complexity index is 875. The van der Waals surface area contributed by atoms with Crippen LogP contribution in [0.2, 0.25) is 0 Å². The zero-order chi connectivity index (χ0) is 20.8. The lowest BCUT2D eigenvalue weighted by Crippen LogP contribution is -2.33. The summed E-state index contributed by atoms with van der Waals surface area (Å²) in [5.74, 6) is -2.29. The Morgan fingerprint density at radius 2 is 1.86 bits per heavy atom. The number of carboxylic acid groups (broad SMARTS) is 2. The highest BCUT2D eigenvalue weighted by Crippen LogP contribution is 2.41. The number of nitrogens with two attached hydrogens (primary N) is 1. The van der Waals surface area contributed by atoms with E-state index in [1.807, 2.05) is 31.2 Å². The highest BCUT2D eigenvalue weighted by atomic mass is 32.1. The maximum atomic E-state index is 11.5. The predicted octanol–water partition coefficient (Wildman–Crippen LogP) is 3.39. The van der Waals surface area contributed by atoms with Gasteiger partial charge >= 0.3 is 18.0 Å². The first-order valence-corrected chi connectivity index (χ1v) is 9.43. The van der Waals surface area contributed by atoms with Gasteiger partial charge in [-0.05, 0) is 24.5 Å². The molecule has 0 spiro atoms. The number of rotatable bonds is 9. The van der Waals surface area contributed by atoms with Crippen molar-refractivity contribution < 1.29 is 29.3 Å². The number of nitrogens with one attached hydrogen (secondary N) is 1. The Morgan fingerprint density at radius 1 is 1.21 bits per heavy atom. The molecule has 1 unspecified atom stereocenters. The van der Waals surface area contributed by atoms with E-state index < -0.39 is 24.6 Å². The van der Waals surface area contributed by atoms with Crippen molar-refractivity contribution in [3.8, 4) is 16.2 Å². The monoisotopic (exact) mass is 406 g/mol. The zero-order valence-electron chi connectivity index (χ0n) is 15.5. The lowest BCUT2D eigenvalue weighted by molar-refractivity contribution is -0.139. The van der Waals surface area contributed by atoms with Crippen LogP contribution in [0.15, 0.2) is 24.3 Å². The number of hydrogen-bond acceptors (Lipinski definition) is 5. The number of carboxylic acids is 2. The summed E-state index contributed by atoms with van der Waals surface area (Å²) in [5, 5.41) is 20.9. The number of aromatic carboxylic acids is 1. The number of carbonyl (C=O) groups excluding carboxylic acids is 1. The summed E-state index contributed by atoms with van der Waals surface area (Å²) in [5.41, 5.74) is 7.47. The molecule has 1 heterocycles. The van der Waals surface area contributed by atoms with Crippen LogP contribution in [0.5, 0.6) is 5.75 Å². The van der Waals surface area contributed by atoms with Crippen LogP contribution in [0.3, 0.4) is 0 Å². The number of primary amides is 1. The molecule has 2 rings (SSSR count). The van der Waals surface area contributed by atoms with Gasteiger partial charge in [0.25, 0.3) is 0 Å². The second kappa shape index (κ2) is 9.23. The summed E-state index contributed by atoms with van der Waals surface area (Å²) in [6.45, 7) is 3.08. The molecule has 1 atom stereocenters. The minimum atomic E-state index is -1.18. The molecule has 0 radical (unpaired) electrons. The van der Waals surface area contributed by atoms with Gasteiger partial charge < -0.3 is 26.0 Å². The fourth-order valence-electron chi connectivity index (χ4n) is 2.87. The molecule has 8 nitrogen and oxygen atoms in total. The van der Waals surface area contributed by atoms with E-state index in [1.165, 1.54) is 0 Å². The molecule has 28 heavy (non-hydrogen) atoms. The largest absolute Gasteiger partial charge is 0.480 e. The Hall–Kier alpha value is -3.07. The molecule has 0 aliphatic heterocycles. The second-order valence-electron chi connectivity index (χ2n) is 6.17. The normalized spacial score (nSPS) is 11.6. The highest BCUT2D eigenvalue weighted by Gasteiger charge is 2.23. The highest BCUT2D eigenvalue weighted by molar-refractivity contribution is 7.18. The number of urea groups is 1. The van der Waals surface area contributed by atoms with Crippen LogP contribution in [0.4, 0.5) is 4.79 Å². The van der Waals surface area contributed by atoms with Gasteiger partial charge in [-0.2, -0.15) is 0 Å². The summed E-state index contributed by atoms with van der Waals surface area (Å²) in [6.07, 6.45) is 1.60. The maximum Gasteiger partial charge on any atom is 0.349 e. The number of carbonyl (C=O) groups is 3. The van der Waals surface area contributed by atoms with Gasteiger partial charge in [-0.1, -0.05) is 37.6 Å². The molecule has 2 aromatic rings. The molecule has 0 aliphatic rings. The van der Waals surface area contributed by atoms with Crippen molar-refractivity contribution in [1.29, 1.82) is 0 Å². The van der Waals surface area contributed by atoms with Crippen molar-refractivity contribution in [2.45, 2.75) is 32.7 Å². The molecule has 5 N–H and O–H groups in total. The molecule has 0 saturated carbocycles. The van der Waals surface area contributed by atoms with Crippen LogP contribution in [0, 0.1) is 6.92 Å². The van der Waals surface area contributed by atoms with E-state index in [4.69, 9.17) is 15.6 Å².